The molecule has 108 valence electrons. The molecule has 0 bridgehead atoms. The molecule has 0 aliphatic rings. The highest BCUT2D eigenvalue weighted by atomic mass is 35.5. The summed E-state index contributed by atoms with van der Waals surface area (Å²) in [6, 6.07) is 7.73. The molecule has 0 unspecified atom stereocenters. The molecule has 2 nitrogen and oxygen atoms in total. The smallest absolute Gasteiger partial charge is 0.161 e. The van der Waals surface area contributed by atoms with Gasteiger partial charge < -0.3 is 0 Å². The standard InChI is InChI=1S/C17H17ClN2S/c1-10-9-21-14-13(10)19-16(20-15(14)17(2,3)4)11-7-5-6-8-12(11)18/h5-9H,1-4H3. The maximum absolute atomic E-state index is 6.31. The van der Waals surface area contributed by atoms with Crippen LogP contribution in [0.15, 0.2) is 29.6 Å². The first-order valence-corrected chi connectivity index (χ1v) is 8.15. The summed E-state index contributed by atoms with van der Waals surface area (Å²) in [6.45, 7) is 8.63. The van der Waals surface area contributed by atoms with Crippen molar-refractivity contribution in [3.8, 4) is 11.4 Å². The van der Waals surface area contributed by atoms with E-state index in [2.05, 4.69) is 33.1 Å². The number of aryl methyl sites for hydroxylation is 1. The van der Waals surface area contributed by atoms with Crippen molar-refractivity contribution < 1.29 is 0 Å². The van der Waals surface area contributed by atoms with Gasteiger partial charge in [-0.15, -0.1) is 11.3 Å². The molecule has 3 aromatic rings. The minimum atomic E-state index is -0.0332. The van der Waals surface area contributed by atoms with Crippen molar-refractivity contribution in [2.45, 2.75) is 33.1 Å². The first kappa shape index (κ1) is 14.5. The average Bonchev–Trinajstić information content (AvgIpc) is 2.79. The van der Waals surface area contributed by atoms with E-state index >= 15 is 0 Å². The third kappa shape index (κ3) is 2.56. The van der Waals surface area contributed by atoms with E-state index in [0.717, 1.165) is 16.8 Å². The van der Waals surface area contributed by atoms with Crippen molar-refractivity contribution in [3.63, 3.8) is 0 Å². The van der Waals surface area contributed by atoms with Crippen molar-refractivity contribution in [1.29, 1.82) is 0 Å². The SMILES string of the molecule is Cc1csc2c(C(C)(C)C)nc(-c3ccccc3Cl)nc12. The Kier molecular flexibility index (Phi) is 3.50. The minimum Gasteiger partial charge on any atom is -0.231 e. The topological polar surface area (TPSA) is 25.8 Å². The van der Waals surface area contributed by atoms with Crippen LogP contribution >= 0.6 is 22.9 Å². The van der Waals surface area contributed by atoms with Crippen LogP contribution in [-0.4, -0.2) is 9.97 Å². The Morgan fingerprint density at radius 3 is 2.48 bits per heavy atom. The van der Waals surface area contributed by atoms with Crippen LogP contribution in [0.3, 0.4) is 0 Å². The van der Waals surface area contributed by atoms with Gasteiger partial charge in [0.2, 0.25) is 0 Å². The quantitative estimate of drug-likeness (QED) is 0.582. The van der Waals surface area contributed by atoms with Crippen molar-refractivity contribution in [1.82, 2.24) is 9.97 Å². The molecule has 0 aliphatic carbocycles. The lowest BCUT2D eigenvalue weighted by atomic mass is 9.91. The zero-order valence-corrected chi connectivity index (χ0v) is 14.1. The largest absolute Gasteiger partial charge is 0.231 e. The molecular formula is C17H17ClN2S. The normalized spacial score (nSPS) is 12.0. The molecule has 0 amide bonds. The fourth-order valence-electron chi connectivity index (χ4n) is 2.30. The summed E-state index contributed by atoms with van der Waals surface area (Å²) in [5.41, 5.74) is 4.16. The van der Waals surface area contributed by atoms with Crippen LogP contribution in [0.4, 0.5) is 0 Å². The van der Waals surface area contributed by atoms with Gasteiger partial charge in [0.25, 0.3) is 0 Å². The summed E-state index contributed by atoms with van der Waals surface area (Å²) >= 11 is 8.03. The molecule has 3 rings (SSSR count). The fourth-order valence-corrected chi connectivity index (χ4v) is 3.71. The molecule has 0 N–H and O–H groups in total. The van der Waals surface area contributed by atoms with Crippen LogP contribution in [0.1, 0.15) is 32.0 Å². The first-order chi connectivity index (χ1) is 9.88. The number of hydrogen-bond acceptors (Lipinski definition) is 3. The zero-order chi connectivity index (χ0) is 15.2. The lowest BCUT2D eigenvalue weighted by Gasteiger charge is -2.19. The highest BCUT2D eigenvalue weighted by molar-refractivity contribution is 7.17. The van der Waals surface area contributed by atoms with Gasteiger partial charge in [-0.2, -0.15) is 0 Å². The molecule has 0 radical (unpaired) electrons. The lowest BCUT2D eigenvalue weighted by Crippen LogP contribution is -2.15. The number of thiophene rings is 1. The van der Waals surface area contributed by atoms with Gasteiger partial charge in [0.05, 0.1) is 20.9 Å². The monoisotopic (exact) mass is 316 g/mol. The Bertz CT molecular complexity index is 815. The molecule has 0 fully saturated rings. The van der Waals surface area contributed by atoms with E-state index in [1.807, 2.05) is 24.3 Å². The van der Waals surface area contributed by atoms with Crippen molar-refractivity contribution in [2.75, 3.05) is 0 Å². The van der Waals surface area contributed by atoms with Crippen LogP contribution < -0.4 is 0 Å². The second-order valence-electron chi connectivity index (χ2n) is 6.22. The number of aromatic nitrogens is 2. The number of nitrogens with zero attached hydrogens (tertiary/aromatic N) is 2. The van der Waals surface area contributed by atoms with E-state index in [1.165, 1.54) is 10.3 Å². The third-order valence-electron chi connectivity index (χ3n) is 3.42. The van der Waals surface area contributed by atoms with E-state index in [-0.39, 0.29) is 5.41 Å². The summed E-state index contributed by atoms with van der Waals surface area (Å²) < 4.78 is 1.18. The molecule has 2 heterocycles. The van der Waals surface area contributed by atoms with Crippen LogP contribution in [0.5, 0.6) is 0 Å². The van der Waals surface area contributed by atoms with Gasteiger partial charge in [-0.25, -0.2) is 9.97 Å². The van der Waals surface area contributed by atoms with Crippen LogP contribution in [0.25, 0.3) is 21.6 Å². The van der Waals surface area contributed by atoms with Gasteiger partial charge in [0.1, 0.15) is 0 Å². The molecule has 0 saturated carbocycles. The van der Waals surface area contributed by atoms with Crippen molar-refractivity contribution in [2.24, 2.45) is 0 Å². The van der Waals surface area contributed by atoms with Gasteiger partial charge in [-0.3, -0.25) is 0 Å². The molecule has 0 atom stereocenters. The predicted molar refractivity (Wildman–Crippen MR) is 91.3 cm³/mol. The Morgan fingerprint density at radius 2 is 1.81 bits per heavy atom. The summed E-state index contributed by atoms with van der Waals surface area (Å²) in [6.07, 6.45) is 0. The van der Waals surface area contributed by atoms with Crippen molar-refractivity contribution >= 4 is 33.2 Å². The predicted octanol–water partition coefficient (Wildman–Crippen LogP) is 5.62. The number of hydrogen-bond donors (Lipinski definition) is 0. The molecule has 2 aromatic heterocycles. The number of halogens is 1. The van der Waals surface area contributed by atoms with Crippen molar-refractivity contribution in [3.05, 3.63) is 45.9 Å². The van der Waals surface area contributed by atoms with Crippen LogP contribution in [-0.2, 0) is 5.41 Å². The van der Waals surface area contributed by atoms with Crippen LogP contribution in [0, 0.1) is 6.92 Å². The molecule has 0 saturated heterocycles. The van der Waals surface area contributed by atoms with E-state index in [0.29, 0.717) is 10.8 Å². The summed E-state index contributed by atoms with van der Waals surface area (Å²) in [7, 11) is 0. The molecule has 0 aliphatic heterocycles. The van der Waals surface area contributed by atoms with Gasteiger partial charge in [-0.1, -0.05) is 44.5 Å². The molecule has 0 spiro atoms. The minimum absolute atomic E-state index is 0.0332. The van der Waals surface area contributed by atoms with Gasteiger partial charge >= 0.3 is 0 Å². The fraction of sp³-hybridized carbons (Fsp3) is 0.294. The Morgan fingerprint density at radius 1 is 1.10 bits per heavy atom. The Hall–Kier alpha value is -1.45. The highest BCUT2D eigenvalue weighted by Crippen LogP contribution is 2.36. The van der Waals surface area contributed by atoms with Gasteiger partial charge in [0.15, 0.2) is 5.82 Å². The number of benzene rings is 1. The molecule has 1 aromatic carbocycles. The summed E-state index contributed by atoms with van der Waals surface area (Å²) in [4.78, 5) is 9.59. The highest BCUT2D eigenvalue weighted by Gasteiger charge is 2.23. The second kappa shape index (κ2) is 5.08. The Labute approximate surface area is 133 Å². The number of rotatable bonds is 1. The Balaban J connectivity index is 2.35. The van der Waals surface area contributed by atoms with E-state index < -0.39 is 0 Å². The molecule has 4 heteroatoms. The maximum Gasteiger partial charge on any atom is 0.161 e. The molecule has 21 heavy (non-hydrogen) atoms. The summed E-state index contributed by atoms with van der Waals surface area (Å²) in [5.74, 6) is 0.708. The number of fused-ring (bicyclic) bond motifs is 1. The van der Waals surface area contributed by atoms with E-state index in [1.54, 1.807) is 11.3 Å². The average molecular weight is 317 g/mol. The lowest BCUT2D eigenvalue weighted by molar-refractivity contribution is 0.576. The second-order valence-corrected chi connectivity index (χ2v) is 7.51. The molecular weight excluding hydrogens is 300 g/mol. The summed E-state index contributed by atoms with van der Waals surface area (Å²) in [5, 5.41) is 2.83. The first-order valence-electron chi connectivity index (χ1n) is 6.89. The van der Waals surface area contributed by atoms with Gasteiger partial charge in [-0.05, 0) is 30.0 Å². The maximum atomic E-state index is 6.31. The van der Waals surface area contributed by atoms with E-state index in [4.69, 9.17) is 21.6 Å². The van der Waals surface area contributed by atoms with Gasteiger partial charge in [0, 0.05) is 11.0 Å². The van der Waals surface area contributed by atoms with E-state index in [9.17, 15) is 0 Å². The zero-order valence-electron chi connectivity index (χ0n) is 12.6. The van der Waals surface area contributed by atoms with Crippen LogP contribution in [0.2, 0.25) is 5.02 Å². The third-order valence-corrected chi connectivity index (χ3v) is 4.84.